The second-order valence-corrected chi connectivity index (χ2v) is 6.92. The molecule has 2 aromatic rings. The van der Waals surface area contributed by atoms with Gasteiger partial charge in [-0.2, -0.15) is 0 Å². The van der Waals surface area contributed by atoms with E-state index in [1.807, 2.05) is 11.3 Å². The van der Waals surface area contributed by atoms with Crippen LogP contribution in [0.25, 0.3) is 10.1 Å². The van der Waals surface area contributed by atoms with Crippen molar-refractivity contribution in [3.05, 3.63) is 35.2 Å². The van der Waals surface area contributed by atoms with E-state index in [1.54, 1.807) is 0 Å². The van der Waals surface area contributed by atoms with Crippen molar-refractivity contribution in [3.63, 3.8) is 0 Å². The van der Waals surface area contributed by atoms with Gasteiger partial charge in [-0.25, -0.2) is 0 Å². The molecule has 3 N–H and O–H groups in total. The third-order valence-electron chi connectivity index (χ3n) is 4.68. The summed E-state index contributed by atoms with van der Waals surface area (Å²) in [5.74, 6) is 5.94. The highest BCUT2D eigenvalue weighted by atomic mass is 32.1. The molecule has 102 valence electrons. The molecule has 3 rings (SSSR count). The lowest BCUT2D eigenvalue weighted by atomic mass is 9.69. The molecule has 0 spiro atoms. The van der Waals surface area contributed by atoms with Crippen LogP contribution in [-0.2, 0) is 0 Å². The first-order valence-electron chi connectivity index (χ1n) is 7.17. The molecule has 1 saturated carbocycles. The molecule has 1 aliphatic rings. The average Bonchev–Trinajstić information content (AvgIpc) is 2.89. The van der Waals surface area contributed by atoms with Crippen molar-refractivity contribution in [2.75, 3.05) is 0 Å². The average molecular weight is 274 g/mol. The van der Waals surface area contributed by atoms with Crippen LogP contribution in [-0.4, -0.2) is 0 Å². The minimum atomic E-state index is 0.259. The SMILES string of the molecule is CC1(C(NN)c2cccc3ccsc23)CCCCC1. The number of nitrogens with two attached hydrogens (primary N) is 1. The Morgan fingerprint density at radius 3 is 2.74 bits per heavy atom. The van der Waals surface area contributed by atoms with Gasteiger partial charge in [0, 0.05) is 4.70 Å². The third-order valence-corrected chi connectivity index (χ3v) is 5.66. The fourth-order valence-corrected chi connectivity index (χ4v) is 4.50. The smallest absolute Gasteiger partial charge is 0.0527 e. The van der Waals surface area contributed by atoms with E-state index < -0.39 is 0 Å². The normalized spacial score (nSPS) is 20.5. The van der Waals surface area contributed by atoms with E-state index in [0.717, 1.165) is 0 Å². The van der Waals surface area contributed by atoms with Gasteiger partial charge < -0.3 is 0 Å². The minimum absolute atomic E-state index is 0.259. The summed E-state index contributed by atoms with van der Waals surface area (Å²) in [7, 11) is 0. The fourth-order valence-electron chi connectivity index (χ4n) is 3.56. The molecule has 1 unspecified atom stereocenters. The lowest BCUT2D eigenvalue weighted by molar-refractivity contribution is 0.146. The molecule has 0 aliphatic heterocycles. The van der Waals surface area contributed by atoms with Crippen molar-refractivity contribution < 1.29 is 0 Å². The molecular weight excluding hydrogens is 252 g/mol. The number of hydrazine groups is 1. The van der Waals surface area contributed by atoms with E-state index in [9.17, 15) is 0 Å². The Hall–Kier alpha value is -0.900. The lowest BCUT2D eigenvalue weighted by Gasteiger charge is -2.41. The topological polar surface area (TPSA) is 38.0 Å². The zero-order valence-electron chi connectivity index (χ0n) is 11.5. The summed E-state index contributed by atoms with van der Waals surface area (Å²) in [6.07, 6.45) is 6.56. The maximum atomic E-state index is 5.94. The highest BCUT2D eigenvalue weighted by molar-refractivity contribution is 7.17. The highest BCUT2D eigenvalue weighted by Crippen LogP contribution is 2.47. The van der Waals surface area contributed by atoms with Crippen LogP contribution in [0.4, 0.5) is 0 Å². The monoisotopic (exact) mass is 274 g/mol. The first-order chi connectivity index (χ1) is 9.24. The summed E-state index contributed by atoms with van der Waals surface area (Å²) >= 11 is 1.82. The molecule has 1 fully saturated rings. The molecule has 1 atom stereocenters. The molecule has 0 amide bonds. The summed E-state index contributed by atoms with van der Waals surface area (Å²) in [6, 6.07) is 9.03. The Bertz CT molecular complexity index is 555. The van der Waals surface area contributed by atoms with Crippen LogP contribution in [0.1, 0.15) is 50.6 Å². The Labute approximate surface area is 119 Å². The van der Waals surface area contributed by atoms with Gasteiger partial charge in [-0.15, -0.1) is 11.3 Å². The maximum Gasteiger partial charge on any atom is 0.0527 e. The lowest BCUT2D eigenvalue weighted by Crippen LogP contribution is -2.41. The van der Waals surface area contributed by atoms with Crippen LogP contribution in [0.3, 0.4) is 0 Å². The number of benzene rings is 1. The molecule has 2 nitrogen and oxygen atoms in total. The van der Waals surface area contributed by atoms with Gasteiger partial charge in [0.05, 0.1) is 6.04 Å². The van der Waals surface area contributed by atoms with Crippen LogP contribution in [0, 0.1) is 5.41 Å². The number of fused-ring (bicyclic) bond motifs is 1. The second kappa shape index (κ2) is 5.23. The quantitative estimate of drug-likeness (QED) is 0.644. The van der Waals surface area contributed by atoms with Gasteiger partial charge in [-0.1, -0.05) is 44.4 Å². The number of nitrogens with one attached hydrogen (secondary N) is 1. The van der Waals surface area contributed by atoms with Gasteiger partial charge >= 0.3 is 0 Å². The predicted molar refractivity (Wildman–Crippen MR) is 83.1 cm³/mol. The Kier molecular flexibility index (Phi) is 3.61. The zero-order valence-corrected chi connectivity index (χ0v) is 12.3. The van der Waals surface area contributed by atoms with E-state index in [4.69, 9.17) is 5.84 Å². The zero-order chi connectivity index (χ0) is 13.3. The number of hydrogen-bond acceptors (Lipinski definition) is 3. The maximum absolute atomic E-state index is 5.94. The Balaban J connectivity index is 2.04. The van der Waals surface area contributed by atoms with E-state index >= 15 is 0 Å². The van der Waals surface area contributed by atoms with E-state index in [1.165, 1.54) is 47.8 Å². The molecule has 1 aliphatic carbocycles. The van der Waals surface area contributed by atoms with Crippen molar-refractivity contribution in [3.8, 4) is 0 Å². The molecule has 0 saturated heterocycles. The van der Waals surface area contributed by atoms with Gasteiger partial charge in [-0.3, -0.25) is 11.3 Å². The van der Waals surface area contributed by atoms with Gasteiger partial charge in [0.1, 0.15) is 0 Å². The fraction of sp³-hybridized carbons (Fsp3) is 0.500. The highest BCUT2D eigenvalue weighted by Gasteiger charge is 2.36. The van der Waals surface area contributed by atoms with Crippen molar-refractivity contribution >= 4 is 21.4 Å². The number of hydrogen-bond donors (Lipinski definition) is 2. The van der Waals surface area contributed by atoms with Crippen molar-refractivity contribution in [2.45, 2.75) is 45.1 Å². The second-order valence-electron chi connectivity index (χ2n) is 6.00. The summed E-state index contributed by atoms with van der Waals surface area (Å²) in [4.78, 5) is 0. The molecule has 1 aromatic heterocycles. The molecule has 0 radical (unpaired) electrons. The van der Waals surface area contributed by atoms with Crippen LogP contribution < -0.4 is 11.3 Å². The van der Waals surface area contributed by atoms with E-state index in [0.29, 0.717) is 0 Å². The standard InChI is InChI=1S/C16H22N2S/c1-16(9-3-2-4-10-16)15(18-17)13-7-5-6-12-8-11-19-14(12)13/h5-8,11,15,18H,2-4,9-10,17H2,1H3. The molecule has 1 heterocycles. The van der Waals surface area contributed by atoms with E-state index in [2.05, 4.69) is 42.0 Å². The Morgan fingerprint density at radius 2 is 2.00 bits per heavy atom. The first-order valence-corrected chi connectivity index (χ1v) is 8.05. The van der Waals surface area contributed by atoms with Crippen LogP contribution >= 0.6 is 11.3 Å². The van der Waals surface area contributed by atoms with E-state index in [-0.39, 0.29) is 11.5 Å². The van der Waals surface area contributed by atoms with Crippen LogP contribution in [0.15, 0.2) is 29.6 Å². The van der Waals surface area contributed by atoms with Gasteiger partial charge in [-0.05, 0) is 40.7 Å². The van der Waals surface area contributed by atoms with Crippen LogP contribution in [0.2, 0.25) is 0 Å². The van der Waals surface area contributed by atoms with Gasteiger partial charge in [0.15, 0.2) is 0 Å². The molecule has 1 aromatic carbocycles. The van der Waals surface area contributed by atoms with Gasteiger partial charge in [0.2, 0.25) is 0 Å². The van der Waals surface area contributed by atoms with Crippen molar-refractivity contribution in [1.82, 2.24) is 5.43 Å². The van der Waals surface area contributed by atoms with Crippen molar-refractivity contribution in [1.29, 1.82) is 0 Å². The summed E-state index contributed by atoms with van der Waals surface area (Å²) < 4.78 is 1.39. The minimum Gasteiger partial charge on any atom is -0.271 e. The molecule has 0 bridgehead atoms. The predicted octanol–water partition coefficient (Wildman–Crippen LogP) is 4.38. The summed E-state index contributed by atoms with van der Waals surface area (Å²) in [5.41, 5.74) is 4.77. The molecule has 19 heavy (non-hydrogen) atoms. The first kappa shape index (κ1) is 13.1. The molecule has 3 heteroatoms. The summed E-state index contributed by atoms with van der Waals surface area (Å²) in [6.45, 7) is 2.39. The third kappa shape index (κ3) is 2.31. The number of thiophene rings is 1. The largest absolute Gasteiger partial charge is 0.271 e. The summed E-state index contributed by atoms with van der Waals surface area (Å²) in [5, 5.41) is 3.51. The molecular formula is C16H22N2S. The van der Waals surface area contributed by atoms with Crippen molar-refractivity contribution in [2.24, 2.45) is 11.3 Å². The van der Waals surface area contributed by atoms with Crippen LogP contribution in [0.5, 0.6) is 0 Å². The van der Waals surface area contributed by atoms with Gasteiger partial charge in [0.25, 0.3) is 0 Å². The number of rotatable bonds is 3. The Morgan fingerprint density at radius 1 is 1.21 bits per heavy atom.